The zero-order chi connectivity index (χ0) is 11.3. The fourth-order valence-corrected chi connectivity index (χ4v) is 1.73. The van der Waals surface area contributed by atoms with Gasteiger partial charge in [0.2, 0.25) is 0 Å². The summed E-state index contributed by atoms with van der Waals surface area (Å²) >= 11 is 3.35. The third-order valence-electron chi connectivity index (χ3n) is 2.08. The summed E-state index contributed by atoms with van der Waals surface area (Å²) in [5.74, 6) is -0.0485. The van der Waals surface area contributed by atoms with Crippen molar-refractivity contribution in [2.75, 3.05) is 11.9 Å². The second-order valence-electron chi connectivity index (χ2n) is 3.45. The summed E-state index contributed by atoms with van der Waals surface area (Å²) in [7, 11) is 1.78. The van der Waals surface area contributed by atoms with Crippen LogP contribution in [0, 0.1) is 6.92 Å². The van der Waals surface area contributed by atoms with E-state index < -0.39 is 0 Å². The Bertz CT molecular complexity index is 335. The Kier molecular flexibility index (Phi) is 4.81. The summed E-state index contributed by atoms with van der Waals surface area (Å²) in [6.45, 7) is 2.59. The standard InChI is InChI=1S/C10H16BrN3O/c1-8-7-9(14(2)13-8)10(15)12-6-4-3-5-11/h7H,3-6H2,1-2H3,(H,12,15). The van der Waals surface area contributed by atoms with Gasteiger partial charge in [0.05, 0.1) is 5.69 Å². The van der Waals surface area contributed by atoms with E-state index in [1.165, 1.54) is 0 Å². The number of aromatic nitrogens is 2. The topological polar surface area (TPSA) is 46.9 Å². The van der Waals surface area contributed by atoms with Crippen LogP contribution in [0.4, 0.5) is 0 Å². The van der Waals surface area contributed by atoms with Crippen molar-refractivity contribution in [3.8, 4) is 0 Å². The van der Waals surface area contributed by atoms with Gasteiger partial charge in [-0.1, -0.05) is 15.9 Å². The minimum atomic E-state index is -0.0485. The number of halogens is 1. The van der Waals surface area contributed by atoms with Gasteiger partial charge in [0.15, 0.2) is 0 Å². The van der Waals surface area contributed by atoms with E-state index in [-0.39, 0.29) is 5.91 Å². The summed E-state index contributed by atoms with van der Waals surface area (Å²) in [6, 6.07) is 1.79. The fraction of sp³-hybridized carbons (Fsp3) is 0.600. The first-order valence-corrected chi connectivity index (χ1v) is 6.12. The van der Waals surface area contributed by atoms with Gasteiger partial charge in [-0.15, -0.1) is 0 Å². The Balaban J connectivity index is 2.43. The molecule has 1 heterocycles. The van der Waals surface area contributed by atoms with Crippen LogP contribution >= 0.6 is 15.9 Å². The molecule has 0 aliphatic heterocycles. The lowest BCUT2D eigenvalue weighted by Gasteiger charge is -2.03. The number of carbonyl (C=O) groups excluding carboxylic acids is 1. The highest BCUT2D eigenvalue weighted by molar-refractivity contribution is 9.09. The number of hydrogen-bond acceptors (Lipinski definition) is 2. The zero-order valence-corrected chi connectivity index (χ0v) is 10.7. The fourth-order valence-electron chi connectivity index (χ4n) is 1.34. The monoisotopic (exact) mass is 273 g/mol. The minimum absolute atomic E-state index is 0.0485. The van der Waals surface area contributed by atoms with Crippen LogP contribution < -0.4 is 5.32 Å². The van der Waals surface area contributed by atoms with Crippen LogP contribution in [0.1, 0.15) is 29.0 Å². The second kappa shape index (κ2) is 5.90. The van der Waals surface area contributed by atoms with Crippen molar-refractivity contribution in [1.29, 1.82) is 0 Å². The van der Waals surface area contributed by atoms with Gasteiger partial charge in [0, 0.05) is 18.9 Å². The van der Waals surface area contributed by atoms with Crippen molar-refractivity contribution in [3.05, 3.63) is 17.5 Å². The summed E-state index contributed by atoms with van der Waals surface area (Å²) < 4.78 is 1.61. The van der Waals surface area contributed by atoms with Crippen molar-refractivity contribution in [2.45, 2.75) is 19.8 Å². The molecule has 0 aliphatic carbocycles. The average molecular weight is 274 g/mol. The van der Waals surface area contributed by atoms with Crippen molar-refractivity contribution in [3.63, 3.8) is 0 Å². The van der Waals surface area contributed by atoms with E-state index in [4.69, 9.17) is 0 Å². The van der Waals surface area contributed by atoms with E-state index in [1.54, 1.807) is 17.8 Å². The molecule has 0 spiro atoms. The SMILES string of the molecule is Cc1cc(C(=O)NCCCCBr)n(C)n1. The third-order valence-corrected chi connectivity index (χ3v) is 2.64. The third kappa shape index (κ3) is 3.66. The Morgan fingerprint density at radius 2 is 2.33 bits per heavy atom. The number of nitrogens with zero attached hydrogens (tertiary/aromatic N) is 2. The molecule has 1 aromatic rings. The molecule has 0 aromatic carbocycles. The Morgan fingerprint density at radius 1 is 1.60 bits per heavy atom. The van der Waals surface area contributed by atoms with E-state index >= 15 is 0 Å². The van der Waals surface area contributed by atoms with E-state index in [9.17, 15) is 4.79 Å². The number of carbonyl (C=O) groups is 1. The minimum Gasteiger partial charge on any atom is -0.351 e. The molecule has 1 amide bonds. The second-order valence-corrected chi connectivity index (χ2v) is 4.24. The molecule has 1 aromatic heterocycles. The van der Waals surface area contributed by atoms with Gasteiger partial charge < -0.3 is 5.32 Å². The number of rotatable bonds is 5. The quantitative estimate of drug-likeness (QED) is 0.655. The van der Waals surface area contributed by atoms with Gasteiger partial charge >= 0.3 is 0 Å². The van der Waals surface area contributed by atoms with Gasteiger partial charge in [0.1, 0.15) is 5.69 Å². The van der Waals surface area contributed by atoms with E-state index in [2.05, 4.69) is 26.3 Å². The van der Waals surface area contributed by atoms with Crippen LogP contribution in [0.5, 0.6) is 0 Å². The maximum Gasteiger partial charge on any atom is 0.269 e. The summed E-state index contributed by atoms with van der Waals surface area (Å²) in [6.07, 6.45) is 2.07. The zero-order valence-electron chi connectivity index (χ0n) is 9.09. The highest BCUT2D eigenvalue weighted by atomic mass is 79.9. The maximum absolute atomic E-state index is 11.7. The largest absolute Gasteiger partial charge is 0.351 e. The number of aryl methyl sites for hydroxylation is 2. The first-order valence-electron chi connectivity index (χ1n) is 5.00. The predicted molar refractivity (Wildman–Crippen MR) is 63.3 cm³/mol. The van der Waals surface area contributed by atoms with E-state index in [0.29, 0.717) is 12.2 Å². The molecule has 84 valence electrons. The van der Waals surface area contributed by atoms with E-state index in [0.717, 1.165) is 23.9 Å². The van der Waals surface area contributed by atoms with Gasteiger partial charge in [-0.25, -0.2) is 0 Å². The van der Waals surface area contributed by atoms with Gasteiger partial charge in [-0.3, -0.25) is 9.48 Å². The molecule has 0 unspecified atom stereocenters. The number of amides is 1. The molecule has 4 nitrogen and oxygen atoms in total. The van der Waals surface area contributed by atoms with Crippen LogP contribution in [-0.4, -0.2) is 27.6 Å². The smallest absolute Gasteiger partial charge is 0.269 e. The molecule has 5 heteroatoms. The lowest BCUT2D eigenvalue weighted by Crippen LogP contribution is -2.26. The molecule has 1 N–H and O–H groups in total. The highest BCUT2D eigenvalue weighted by Gasteiger charge is 2.10. The lowest BCUT2D eigenvalue weighted by atomic mass is 10.3. The maximum atomic E-state index is 11.7. The molecule has 0 fully saturated rings. The molecule has 0 saturated carbocycles. The number of unbranched alkanes of at least 4 members (excludes halogenated alkanes) is 1. The summed E-state index contributed by atoms with van der Waals surface area (Å²) in [5, 5.41) is 7.97. The van der Waals surface area contributed by atoms with Crippen LogP contribution in [-0.2, 0) is 7.05 Å². The highest BCUT2D eigenvalue weighted by Crippen LogP contribution is 2.01. The molecule has 1 rings (SSSR count). The summed E-state index contributed by atoms with van der Waals surface area (Å²) in [4.78, 5) is 11.7. The molecule has 15 heavy (non-hydrogen) atoms. The van der Waals surface area contributed by atoms with Gasteiger partial charge in [0.25, 0.3) is 5.91 Å². The lowest BCUT2D eigenvalue weighted by molar-refractivity contribution is 0.0944. The first kappa shape index (κ1) is 12.2. The molecule has 0 aliphatic rings. The van der Waals surface area contributed by atoms with E-state index in [1.807, 2.05) is 6.92 Å². The Hall–Kier alpha value is -0.840. The van der Waals surface area contributed by atoms with Crippen LogP contribution in [0.2, 0.25) is 0 Å². The van der Waals surface area contributed by atoms with Crippen LogP contribution in [0.3, 0.4) is 0 Å². The van der Waals surface area contributed by atoms with Crippen molar-refractivity contribution in [1.82, 2.24) is 15.1 Å². The molecular formula is C10H16BrN3O. The number of hydrogen-bond donors (Lipinski definition) is 1. The van der Waals surface area contributed by atoms with Gasteiger partial charge in [-0.05, 0) is 25.8 Å². The Labute approximate surface area is 98.2 Å². The normalized spacial score (nSPS) is 10.3. The van der Waals surface area contributed by atoms with Crippen LogP contribution in [0.25, 0.3) is 0 Å². The molecular weight excluding hydrogens is 258 g/mol. The average Bonchev–Trinajstić information content (AvgIpc) is 2.52. The van der Waals surface area contributed by atoms with Crippen molar-refractivity contribution in [2.24, 2.45) is 7.05 Å². The Morgan fingerprint density at radius 3 is 2.87 bits per heavy atom. The molecule has 0 saturated heterocycles. The first-order chi connectivity index (χ1) is 7.15. The predicted octanol–water partition coefficient (Wildman–Crippen LogP) is 1.63. The number of nitrogens with one attached hydrogen (secondary N) is 1. The van der Waals surface area contributed by atoms with Crippen molar-refractivity contribution >= 4 is 21.8 Å². The van der Waals surface area contributed by atoms with Crippen LogP contribution in [0.15, 0.2) is 6.07 Å². The molecule has 0 atom stereocenters. The molecule has 0 radical (unpaired) electrons. The van der Waals surface area contributed by atoms with Gasteiger partial charge in [-0.2, -0.15) is 5.10 Å². The summed E-state index contributed by atoms with van der Waals surface area (Å²) in [5.41, 5.74) is 1.48. The van der Waals surface area contributed by atoms with Crippen molar-refractivity contribution < 1.29 is 4.79 Å². The number of alkyl halides is 1. The molecule has 0 bridgehead atoms.